The lowest BCUT2D eigenvalue weighted by Gasteiger charge is -2.19. The van der Waals surface area contributed by atoms with E-state index in [-0.39, 0.29) is 6.04 Å². The molecular weight excluding hydrogens is 224 g/mol. The number of amides is 2. The van der Waals surface area contributed by atoms with Gasteiger partial charge in [0.1, 0.15) is 0 Å². The maximum Gasteiger partial charge on any atom is 0.328 e. The van der Waals surface area contributed by atoms with Gasteiger partial charge in [-0.15, -0.1) is 0 Å². The van der Waals surface area contributed by atoms with Gasteiger partial charge in [0.05, 0.1) is 6.10 Å². The van der Waals surface area contributed by atoms with Crippen LogP contribution >= 0.6 is 0 Å². The summed E-state index contributed by atoms with van der Waals surface area (Å²) < 4.78 is 0. The van der Waals surface area contributed by atoms with E-state index in [9.17, 15) is 14.7 Å². The van der Waals surface area contributed by atoms with Gasteiger partial charge in [0.25, 0.3) is 0 Å². The van der Waals surface area contributed by atoms with Gasteiger partial charge >= 0.3 is 12.0 Å². The number of aliphatic hydroxyl groups excluding tert-OH is 1. The van der Waals surface area contributed by atoms with Crippen LogP contribution in [0.4, 0.5) is 4.79 Å². The molecule has 0 aromatic heterocycles. The minimum atomic E-state index is -1.27. The average Bonchev–Trinajstić information content (AvgIpc) is 2.59. The second kappa shape index (κ2) is 5.86. The van der Waals surface area contributed by atoms with Crippen LogP contribution < -0.4 is 10.6 Å². The van der Waals surface area contributed by atoms with Crippen LogP contribution in [0.1, 0.15) is 33.1 Å². The largest absolute Gasteiger partial charge is 0.480 e. The SMILES string of the molecule is CC1CCC(NC(=O)N[C@H](C(=O)O)[C@@H](C)O)C1. The van der Waals surface area contributed by atoms with E-state index in [2.05, 4.69) is 17.6 Å². The van der Waals surface area contributed by atoms with Crippen LogP contribution in [0.5, 0.6) is 0 Å². The second-order valence-corrected chi connectivity index (χ2v) is 4.79. The van der Waals surface area contributed by atoms with E-state index in [1.54, 1.807) is 0 Å². The highest BCUT2D eigenvalue weighted by molar-refractivity contribution is 5.83. The van der Waals surface area contributed by atoms with Crippen LogP contribution in [0.3, 0.4) is 0 Å². The van der Waals surface area contributed by atoms with E-state index >= 15 is 0 Å². The fourth-order valence-electron chi connectivity index (χ4n) is 2.10. The molecule has 2 amide bonds. The van der Waals surface area contributed by atoms with Crippen LogP contribution in [0.15, 0.2) is 0 Å². The Morgan fingerprint density at radius 2 is 2.00 bits per heavy atom. The summed E-state index contributed by atoms with van der Waals surface area (Å²) in [5.41, 5.74) is 0. The zero-order valence-corrected chi connectivity index (χ0v) is 10.1. The molecule has 1 aliphatic rings. The zero-order valence-electron chi connectivity index (χ0n) is 10.1. The molecule has 98 valence electrons. The molecular formula is C11H20N2O4. The number of aliphatic hydroxyl groups is 1. The summed E-state index contributed by atoms with van der Waals surface area (Å²) in [6, 6.07) is -1.69. The molecule has 0 saturated heterocycles. The first-order valence-electron chi connectivity index (χ1n) is 5.88. The number of rotatable bonds is 4. The first kappa shape index (κ1) is 13.8. The van der Waals surface area contributed by atoms with E-state index in [4.69, 9.17) is 5.11 Å². The smallest absolute Gasteiger partial charge is 0.328 e. The van der Waals surface area contributed by atoms with E-state index in [0.717, 1.165) is 19.3 Å². The van der Waals surface area contributed by atoms with Crippen molar-refractivity contribution in [2.45, 2.75) is 51.3 Å². The van der Waals surface area contributed by atoms with E-state index in [1.807, 2.05) is 0 Å². The molecule has 4 atom stereocenters. The molecule has 0 heterocycles. The quantitative estimate of drug-likeness (QED) is 0.572. The van der Waals surface area contributed by atoms with Crippen molar-refractivity contribution in [3.63, 3.8) is 0 Å². The molecule has 0 spiro atoms. The molecule has 17 heavy (non-hydrogen) atoms. The molecule has 0 aliphatic heterocycles. The summed E-state index contributed by atoms with van der Waals surface area (Å²) in [7, 11) is 0. The summed E-state index contributed by atoms with van der Waals surface area (Å²) in [6.45, 7) is 3.45. The lowest BCUT2D eigenvalue weighted by molar-refractivity contribution is -0.141. The Hall–Kier alpha value is -1.30. The highest BCUT2D eigenvalue weighted by Crippen LogP contribution is 2.24. The van der Waals surface area contributed by atoms with Crippen molar-refractivity contribution in [1.29, 1.82) is 0 Å². The van der Waals surface area contributed by atoms with Crippen molar-refractivity contribution in [3.8, 4) is 0 Å². The molecule has 1 fully saturated rings. The van der Waals surface area contributed by atoms with Crippen LogP contribution in [0.25, 0.3) is 0 Å². The Morgan fingerprint density at radius 1 is 1.35 bits per heavy atom. The van der Waals surface area contributed by atoms with Gasteiger partial charge in [-0.3, -0.25) is 0 Å². The van der Waals surface area contributed by atoms with Gasteiger partial charge in [-0.2, -0.15) is 0 Å². The molecule has 4 N–H and O–H groups in total. The normalized spacial score (nSPS) is 27.2. The topological polar surface area (TPSA) is 98.7 Å². The zero-order chi connectivity index (χ0) is 13.0. The number of carbonyl (C=O) groups is 2. The van der Waals surface area contributed by atoms with Crippen molar-refractivity contribution < 1.29 is 19.8 Å². The van der Waals surface area contributed by atoms with Gasteiger partial charge in [0.2, 0.25) is 0 Å². The number of carbonyl (C=O) groups excluding carboxylic acids is 1. The molecule has 1 saturated carbocycles. The Balaban J connectivity index is 2.40. The number of hydrogen-bond donors (Lipinski definition) is 4. The predicted molar refractivity (Wildman–Crippen MR) is 61.6 cm³/mol. The number of nitrogens with one attached hydrogen (secondary N) is 2. The average molecular weight is 244 g/mol. The van der Waals surface area contributed by atoms with Crippen molar-refractivity contribution in [2.75, 3.05) is 0 Å². The standard InChI is InChI=1S/C11H20N2O4/c1-6-3-4-8(5-6)12-11(17)13-9(7(2)14)10(15)16/h6-9,14H,3-5H2,1-2H3,(H,15,16)(H2,12,13,17)/t6?,7-,8?,9+/m1/s1. The molecule has 0 aromatic carbocycles. The van der Waals surface area contributed by atoms with Gasteiger partial charge in [0.15, 0.2) is 6.04 Å². The van der Waals surface area contributed by atoms with Crippen LogP contribution in [-0.4, -0.2) is 40.4 Å². The third kappa shape index (κ3) is 4.22. The highest BCUT2D eigenvalue weighted by Gasteiger charge is 2.27. The molecule has 0 bridgehead atoms. The number of urea groups is 1. The summed E-state index contributed by atoms with van der Waals surface area (Å²) >= 11 is 0. The third-order valence-electron chi connectivity index (χ3n) is 3.07. The fourth-order valence-corrected chi connectivity index (χ4v) is 2.10. The Morgan fingerprint density at radius 3 is 2.41 bits per heavy atom. The van der Waals surface area contributed by atoms with E-state index in [0.29, 0.717) is 5.92 Å². The minimum absolute atomic E-state index is 0.105. The van der Waals surface area contributed by atoms with Gasteiger partial charge < -0.3 is 20.8 Å². The lowest BCUT2D eigenvalue weighted by Crippen LogP contribution is -2.52. The Labute approximate surface area is 100 Å². The van der Waals surface area contributed by atoms with Gasteiger partial charge in [-0.05, 0) is 32.1 Å². The summed E-state index contributed by atoms with van der Waals surface area (Å²) in [5.74, 6) is -0.651. The first-order chi connectivity index (χ1) is 7.90. The minimum Gasteiger partial charge on any atom is -0.480 e. The molecule has 1 rings (SSSR count). The van der Waals surface area contributed by atoms with Crippen molar-refractivity contribution >= 4 is 12.0 Å². The Kier molecular flexibility index (Phi) is 4.74. The maximum atomic E-state index is 11.5. The fraction of sp³-hybridized carbons (Fsp3) is 0.818. The van der Waals surface area contributed by atoms with Crippen molar-refractivity contribution in [2.24, 2.45) is 5.92 Å². The van der Waals surface area contributed by atoms with Crippen molar-refractivity contribution in [3.05, 3.63) is 0 Å². The summed E-state index contributed by atoms with van der Waals surface area (Å²) in [6.07, 6.45) is 1.78. The highest BCUT2D eigenvalue weighted by atomic mass is 16.4. The lowest BCUT2D eigenvalue weighted by atomic mass is 10.1. The third-order valence-corrected chi connectivity index (χ3v) is 3.07. The summed E-state index contributed by atoms with van der Waals surface area (Å²) in [4.78, 5) is 22.3. The molecule has 6 nitrogen and oxygen atoms in total. The second-order valence-electron chi connectivity index (χ2n) is 4.79. The molecule has 0 aromatic rings. The maximum absolute atomic E-state index is 11.5. The number of carboxylic acid groups (broad SMARTS) is 1. The number of carboxylic acids is 1. The molecule has 6 heteroatoms. The van der Waals surface area contributed by atoms with Crippen molar-refractivity contribution in [1.82, 2.24) is 10.6 Å². The number of hydrogen-bond acceptors (Lipinski definition) is 3. The monoisotopic (exact) mass is 244 g/mol. The van der Waals surface area contributed by atoms with Gasteiger partial charge in [-0.1, -0.05) is 6.92 Å². The predicted octanol–water partition coefficient (Wildman–Crippen LogP) is 0.308. The van der Waals surface area contributed by atoms with Crippen LogP contribution in [0, 0.1) is 5.92 Å². The molecule has 1 aliphatic carbocycles. The van der Waals surface area contributed by atoms with Gasteiger partial charge in [0, 0.05) is 6.04 Å². The van der Waals surface area contributed by atoms with E-state index < -0.39 is 24.1 Å². The van der Waals surface area contributed by atoms with Crippen LogP contribution in [0.2, 0.25) is 0 Å². The van der Waals surface area contributed by atoms with Crippen LogP contribution in [-0.2, 0) is 4.79 Å². The molecule has 2 unspecified atom stereocenters. The molecule has 0 radical (unpaired) electrons. The first-order valence-corrected chi connectivity index (χ1v) is 5.88. The Bertz CT molecular complexity index is 293. The van der Waals surface area contributed by atoms with Gasteiger partial charge in [-0.25, -0.2) is 9.59 Å². The summed E-state index contributed by atoms with van der Waals surface area (Å²) in [5, 5.41) is 23.0. The van der Waals surface area contributed by atoms with E-state index in [1.165, 1.54) is 6.92 Å². The number of aliphatic carboxylic acids is 1.